The van der Waals surface area contributed by atoms with Crippen LogP contribution in [0.15, 0.2) is 42.5 Å². The van der Waals surface area contributed by atoms with Crippen LogP contribution in [0.2, 0.25) is 0 Å². The molecule has 3 rings (SSSR count). The minimum absolute atomic E-state index is 0.00441. The average Bonchev–Trinajstić information content (AvgIpc) is 3.17. The second-order valence-electron chi connectivity index (χ2n) is 7.98. The van der Waals surface area contributed by atoms with Gasteiger partial charge in [0, 0.05) is 17.7 Å². The third kappa shape index (κ3) is 5.77. The van der Waals surface area contributed by atoms with E-state index in [0.717, 1.165) is 40.2 Å². The molecule has 1 fully saturated rings. The summed E-state index contributed by atoms with van der Waals surface area (Å²) in [5, 5.41) is 3.97. The zero-order chi connectivity index (χ0) is 24.0. The Kier molecular flexibility index (Phi) is 7.82. The van der Waals surface area contributed by atoms with E-state index >= 15 is 0 Å². The van der Waals surface area contributed by atoms with Crippen LogP contribution >= 0.6 is 0 Å². The van der Waals surface area contributed by atoms with E-state index < -0.39 is 30.3 Å². The molecule has 1 saturated heterocycles. The number of amides is 3. The minimum atomic E-state index is -0.753. The molecule has 1 atom stereocenters. The number of hydrogen-bond acceptors (Lipinski definition) is 5. The highest BCUT2D eigenvalue weighted by atomic mass is 16.5. The summed E-state index contributed by atoms with van der Waals surface area (Å²) in [7, 11) is 0. The van der Waals surface area contributed by atoms with Gasteiger partial charge in [-0.2, -0.15) is 0 Å². The van der Waals surface area contributed by atoms with E-state index in [9.17, 15) is 19.2 Å². The molecule has 0 radical (unpaired) electrons. The van der Waals surface area contributed by atoms with Crippen molar-refractivity contribution in [1.82, 2.24) is 10.4 Å². The first-order valence-corrected chi connectivity index (χ1v) is 11.1. The van der Waals surface area contributed by atoms with E-state index in [4.69, 9.17) is 4.74 Å². The van der Waals surface area contributed by atoms with E-state index in [1.807, 2.05) is 38.1 Å². The van der Waals surface area contributed by atoms with Gasteiger partial charge in [-0.25, -0.2) is 0 Å². The number of benzene rings is 2. The molecule has 0 aromatic heterocycles. The molecule has 8 heteroatoms. The van der Waals surface area contributed by atoms with Gasteiger partial charge in [0.15, 0.2) is 6.61 Å². The molecular weight excluding hydrogens is 422 g/mol. The Balaban J connectivity index is 1.53. The second-order valence-corrected chi connectivity index (χ2v) is 7.98. The van der Waals surface area contributed by atoms with Crippen LogP contribution in [0, 0.1) is 12.8 Å². The maximum absolute atomic E-state index is 12.5. The third-order valence-corrected chi connectivity index (χ3v) is 5.69. The van der Waals surface area contributed by atoms with Crippen molar-refractivity contribution in [3.8, 4) is 0 Å². The van der Waals surface area contributed by atoms with E-state index in [1.54, 1.807) is 25.1 Å². The van der Waals surface area contributed by atoms with Gasteiger partial charge in [-0.1, -0.05) is 50.2 Å². The standard InChI is InChI=1S/C25H29N3O5/c1-4-17-10-8-11-18(5-2)23(17)26-21(29)15-33-25(32)19-13-22(30)28(14-19)27-24(31)20-12-7-6-9-16(20)3/h6-12,19H,4-5,13-15H2,1-3H3,(H,26,29)(H,27,31)/t19-/m0/s1. The molecule has 1 heterocycles. The lowest BCUT2D eigenvalue weighted by Crippen LogP contribution is -2.43. The molecule has 174 valence electrons. The van der Waals surface area contributed by atoms with Crippen molar-refractivity contribution in [2.24, 2.45) is 5.92 Å². The molecule has 33 heavy (non-hydrogen) atoms. The van der Waals surface area contributed by atoms with Crippen molar-refractivity contribution in [3.63, 3.8) is 0 Å². The summed E-state index contributed by atoms with van der Waals surface area (Å²) >= 11 is 0. The number of nitrogens with one attached hydrogen (secondary N) is 2. The summed E-state index contributed by atoms with van der Waals surface area (Å²) in [6.07, 6.45) is 1.43. The number of hydrogen-bond donors (Lipinski definition) is 2. The molecule has 2 aromatic carbocycles. The molecule has 0 aliphatic carbocycles. The molecular formula is C25H29N3O5. The number of para-hydroxylation sites is 1. The van der Waals surface area contributed by atoms with Crippen LogP contribution in [0.25, 0.3) is 0 Å². The van der Waals surface area contributed by atoms with Crippen LogP contribution < -0.4 is 10.7 Å². The van der Waals surface area contributed by atoms with Crippen molar-refractivity contribution in [3.05, 3.63) is 64.7 Å². The van der Waals surface area contributed by atoms with Gasteiger partial charge in [0.2, 0.25) is 5.91 Å². The normalized spacial score (nSPS) is 15.3. The van der Waals surface area contributed by atoms with E-state index in [-0.39, 0.29) is 18.9 Å². The average molecular weight is 452 g/mol. The lowest BCUT2D eigenvalue weighted by atomic mass is 10.0. The lowest BCUT2D eigenvalue weighted by molar-refractivity contribution is -0.151. The van der Waals surface area contributed by atoms with Gasteiger partial charge in [-0.15, -0.1) is 0 Å². The Bertz CT molecular complexity index is 1040. The number of nitrogens with zero attached hydrogens (tertiary/aromatic N) is 1. The van der Waals surface area contributed by atoms with Crippen molar-refractivity contribution in [2.75, 3.05) is 18.5 Å². The number of carbonyl (C=O) groups is 4. The minimum Gasteiger partial charge on any atom is -0.455 e. The Morgan fingerprint density at radius 3 is 2.33 bits per heavy atom. The zero-order valence-corrected chi connectivity index (χ0v) is 19.1. The number of anilines is 1. The van der Waals surface area contributed by atoms with Crippen LogP contribution in [-0.2, 0) is 32.0 Å². The smallest absolute Gasteiger partial charge is 0.311 e. The maximum Gasteiger partial charge on any atom is 0.311 e. The topological polar surface area (TPSA) is 105 Å². The van der Waals surface area contributed by atoms with Crippen molar-refractivity contribution in [2.45, 2.75) is 40.0 Å². The number of rotatable bonds is 8. The number of esters is 1. The quantitative estimate of drug-likeness (QED) is 0.601. The summed E-state index contributed by atoms with van der Waals surface area (Å²) in [6.45, 7) is 5.36. The van der Waals surface area contributed by atoms with Crippen molar-refractivity contribution in [1.29, 1.82) is 0 Å². The zero-order valence-electron chi connectivity index (χ0n) is 19.1. The van der Waals surface area contributed by atoms with E-state index in [0.29, 0.717) is 5.56 Å². The summed E-state index contributed by atoms with van der Waals surface area (Å²) in [4.78, 5) is 49.6. The Morgan fingerprint density at radius 2 is 1.70 bits per heavy atom. The molecule has 0 saturated carbocycles. The fraction of sp³-hybridized carbons (Fsp3) is 0.360. The Labute approximate surface area is 193 Å². The van der Waals surface area contributed by atoms with Crippen LogP contribution in [-0.4, -0.2) is 41.9 Å². The monoisotopic (exact) mass is 451 g/mol. The summed E-state index contributed by atoms with van der Waals surface area (Å²) in [6, 6.07) is 12.9. The maximum atomic E-state index is 12.5. The van der Waals surface area contributed by atoms with Crippen molar-refractivity contribution >= 4 is 29.4 Å². The van der Waals surface area contributed by atoms with Gasteiger partial charge >= 0.3 is 5.97 Å². The molecule has 3 amide bonds. The molecule has 2 N–H and O–H groups in total. The van der Waals surface area contributed by atoms with Gasteiger partial charge in [0.05, 0.1) is 12.5 Å². The molecule has 1 aliphatic heterocycles. The van der Waals surface area contributed by atoms with Gasteiger partial charge < -0.3 is 10.1 Å². The summed E-state index contributed by atoms with van der Waals surface area (Å²) in [5.74, 6) is -2.64. The van der Waals surface area contributed by atoms with Crippen molar-refractivity contribution < 1.29 is 23.9 Å². The predicted octanol–water partition coefficient (Wildman–Crippen LogP) is 2.80. The summed E-state index contributed by atoms with van der Waals surface area (Å²) < 4.78 is 5.17. The van der Waals surface area contributed by atoms with Crippen LogP contribution in [0.4, 0.5) is 5.69 Å². The summed E-state index contributed by atoms with van der Waals surface area (Å²) in [5.41, 5.74) is 6.55. The molecule has 2 aromatic rings. The largest absolute Gasteiger partial charge is 0.455 e. The third-order valence-electron chi connectivity index (χ3n) is 5.69. The van der Waals surface area contributed by atoms with E-state index in [2.05, 4.69) is 10.7 Å². The second kappa shape index (κ2) is 10.8. The Hall–Kier alpha value is -3.68. The SMILES string of the molecule is CCc1cccc(CC)c1NC(=O)COC(=O)[C@H]1CC(=O)N(NC(=O)c2ccccc2C)C1. The fourth-order valence-electron chi connectivity index (χ4n) is 3.82. The molecule has 0 spiro atoms. The first-order valence-electron chi connectivity index (χ1n) is 11.1. The predicted molar refractivity (Wildman–Crippen MR) is 123 cm³/mol. The van der Waals surface area contributed by atoms with E-state index in [1.165, 1.54) is 0 Å². The van der Waals surface area contributed by atoms with Gasteiger partial charge in [-0.05, 0) is 42.5 Å². The molecule has 0 bridgehead atoms. The fourth-order valence-corrected chi connectivity index (χ4v) is 3.82. The molecule has 8 nitrogen and oxygen atoms in total. The van der Waals surface area contributed by atoms with Gasteiger partial charge in [0.1, 0.15) is 0 Å². The Morgan fingerprint density at radius 1 is 1.03 bits per heavy atom. The number of carbonyl (C=O) groups excluding carboxylic acids is 4. The van der Waals surface area contributed by atoms with Gasteiger partial charge in [-0.3, -0.25) is 29.6 Å². The molecule has 1 aliphatic rings. The first-order chi connectivity index (χ1) is 15.8. The highest BCUT2D eigenvalue weighted by Gasteiger charge is 2.36. The number of hydrazine groups is 1. The van der Waals surface area contributed by atoms with Crippen LogP contribution in [0.1, 0.15) is 47.3 Å². The van der Waals surface area contributed by atoms with Crippen LogP contribution in [0.5, 0.6) is 0 Å². The molecule has 0 unspecified atom stereocenters. The lowest BCUT2D eigenvalue weighted by Gasteiger charge is -2.18. The highest BCUT2D eigenvalue weighted by Crippen LogP contribution is 2.23. The first kappa shape index (κ1) is 24.0. The number of aryl methyl sites for hydroxylation is 3. The highest BCUT2D eigenvalue weighted by molar-refractivity contribution is 5.98. The van der Waals surface area contributed by atoms with Crippen LogP contribution in [0.3, 0.4) is 0 Å². The van der Waals surface area contributed by atoms with Gasteiger partial charge in [0.25, 0.3) is 11.8 Å². The number of ether oxygens (including phenoxy) is 1.